The molecule has 0 heterocycles. The molecule has 0 unspecified atom stereocenters. The van der Waals surface area contributed by atoms with Crippen molar-refractivity contribution in [2.45, 2.75) is 6.54 Å². The van der Waals surface area contributed by atoms with E-state index in [9.17, 15) is 13.6 Å². The molecule has 0 atom stereocenters. The summed E-state index contributed by atoms with van der Waals surface area (Å²) in [5.41, 5.74) is 1.14. The smallest absolute Gasteiger partial charge is 0.244 e. The van der Waals surface area contributed by atoms with E-state index in [1.807, 2.05) is 0 Å². The van der Waals surface area contributed by atoms with Crippen molar-refractivity contribution < 1.29 is 13.6 Å². The van der Waals surface area contributed by atoms with Crippen molar-refractivity contribution in [3.63, 3.8) is 0 Å². The number of nitrogens with one attached hydrogen (secondary N) is 1. The normalized spacial score (nSPS) is 10.7. The van der Waals surface area contributed by atoms with Crippen molar-refractivity contribution in [3.05, 3.63) is 77.4 Å². The summed E-state index contributed by atoms with van der Waals surface area (Å²) in [7, 11) is 0. The van der Waals surface area contributed by atoms with Gasteiger partial charge in [0.1, 0.15) is 11.6 Å². The Morgan fingerprint density at radius 2 is 1.75 bits per heavy atom. The van der Waals surface area contributed by atoms with Crippen LogP contribution in [0.5, 0.6) is 0 Å². The lowest BCUT2D eigenvalue weighted by molar-refractivity contribution is -0.116. The third kappa shape index (κ3) is 4.02. The molecule has 0 saturated carbocycles. The van der Waals surface area contributed by atoms with Crippen LogP contribution in [0.3, 0.4) is 0 Å². The second-order valence-electron chi connectivity index (χ2n) is 4.19. The lowest BCUT2D eigenvalue weighted by atomic mass is 10.2. The fourth-order valence-electron chi connectivity index (χ4n) is 1.63. The van der Waals surface area contributed by atoms with Gasteiger partial charge in [-0.05, 0) is 29.8 Å². The minimum atomic E-state index is -0.352. The summed E-state index contributed by atoms with van der Waals surface area (Å²) in [5, 5.41) is 2.58. The number of hydrogen-bond donors (Lipinski definition) is 1. The van der Waals surface area contributed by atoms with Gasteiger partial charge in [-0.25, -0.2) is 8.78 Å². The Morgan fingerprint density at radius 3 is 2.45 bits per heavy atom. The van der Waals surface area contributed by atoms with Crippen LogP contribution in [0.25, 0.3) is 6.08 Å². The molecule has 102 valence electrons. The molecule has 0 bridgehead atoms. The number of amides is 1. The second kappa shape index (κ2) is 6.61. The highest BCUT2D eigenvalue weighted by Gasteiger charge is 2.01. The summed E-state index contributed by atoms with van der Waals surface area (Å²) in [6.45, 7) is 0.124. The highest BCUT2D eigenvalue weighted by Crippen LogP contribution is 2.06. The van der Waals surface area contributed by atoms with Crippen LogP contribution < -0.4 is 5.32 Å². The van der Waals surface area contributed by atoms with Gasteiger partial charge in [0.2, 0.25) is 5.91 Å². The molecule has 2 aromatic carbocycles. The van der Waals surface area contributed by atoms with Crippen LogP contribution in [0.15, 0.2) is 54.6 Å². The summed E-state index contributed by atoms with van der Waals surface area (Å²) >= 11 is 0. The topological polar surface area (TPSA) is 29.1 Å². The van der Waals surface area contributed by atoms with Crippen LogP contribution in [0, 0.1) is 11.6 Å². The van der Waals surface area contributed by atoms with E-state index in [1.54, 1.807) is 36.4 Å². The average molecular weight is 273 g/mol. The first-order valence-corrected chi connectivity index (χ1v) is 6.10. The summed E-state index contributed by atoms with van der Waals surface area (Å²) in [4.78, 5) is 11.6. The zero-order chi connectivity index (χ0) is 14.4. The Kier molecular flexibility index (Phi) is 4.60. The van der Waals surface area contributed by atoms with Gasteiger partial charge in [0.15, 0.2) is 0 Å². The quantitative estimate of drug-likeness (QED) is 0.851. The highest BCUT2D eigenvalue weighted by molar-refractivity contribution is 5.91. The van der Waals surface area contributed by atoms with Crippen molar-refractivity contribution >= 4 is 12.0 Å². The Morgan fingerprint density at radius 1 is 1.05 bits per heavy atom. The first kappa shape index (κ1) is 13.9. The molecule has 1 N–H and O–H groups in total. The van der Waals surface area contributed by atoms with Crippen molar-refractivity contribution in [3.8, 4) is 0 Å². The molecule has 2 nitrogen and oxygen atoms in total. The van der Waals surface area contributed by atoms with Gasteiger partial charge in [-0.15, -0.1) is 0 Å². The lowest BCUT2D eigenvalue weighted by Crippen LogP contribution is -2.20. The zero-order valence-electron chi connectivity index (χ0n) is 10.6. The highest BCUT2D eigenvalue weighted by atomic mass is 19.1. The average Bonchev–Trinajstić information content (AvgIpc) is 2.46. The van der Waals surface area contributed by atoms with Crippen LogP contribution in [0.1, 0.15) is 11.1 Å². The number of halogens is 2. The monoisotopic (exact) mass is 273 g/mol. The molecule has 1 amide bonds. The Hall–Kier alpha value is -2.49. The predicted molar refractivity (Wildman–Crippen MR) is 73.7 cm³/mol. The Bertz CT molecular complexity index is 621. The Labute approximate surface area is 115 Å². The summed E-state index contributed by atoms with van der Waals surface area (Å²) in [6.07, 6.45) is 2.89. The fraction of sp³-hybridized carbons (Fsp3) is 0.0625. The molecule has 0 aliphatic heterocycles. The number of carbonyl (C=O) groups excluding carboxylic acids is 1. The van der Waals surface area contributed by atoms with E-state index in [4.69, 9.17) is 0 Å². The maximum Gasteiger partial charge on any atom is 0.244 e. The van der Waals surface area contributed by atoms with Gasteiger partial charge in [0.05, 0.1) is 0 Å². The molecule has 4 heteroatoms. The van der Waals surface area contributed by atoms with Crippen LogP contribution in [0.4, 0.5) is 8.78 Å². The molecule has 0 saturated heterocycles. The standard InChI is InChI=1S/C16H13F2NO/c17-14-8-5-12(6-9-14)7-10-16(20)19-11-13-3-1-2-4-15(13)18/h1-10H,11H2,(H,19,20). The maximum atomic E-state index is 13.3. The van der Waals surface area contributed by atoms with Gasteiger partial charge in [-0.1, -0.05) is 30.3 Å². The molecule has 0 radical (unpaired) electrons. The van der Waals surface area contributed by atoms with E-state index >= 15 is 0 Å². The zero-order valence-corrected chi connectivity index (χ0v) is 10.6. The van der Waals surface area contributed by atoms with E-state index in [0.717, 1.165) is 0 Å². The second-order valence-corrected chi connectivity index (χ2v) is 4.19. The van der Waals surface area contributed by atoms with Gasteiger partial charge in [-0.3, -0.25) is 4.79 Å². The molecule has 0 aliphatic rings. The number of hydrogen-bond acceptors (Lipinski definition) is 1. The molecular weight excluding hydrogens is 260 g/mol. The molecule has 0 aliphatic carbocycles. The minimum Gasteiger partial charge on any atom is -0.348 e. The summed E-state index contributed by atoms with van der Waals surface area (Å²) in [5.74, 6) is -1.01. The van der Waals surface area contributed by atoms with E-state index in [0.29, 0.717) is 11.1 Å². The summed E-state index contributed by atoms with van der Waals surface area (Å²) in [6, 6.07) is 12.0. The third-order valence-electron chi connectivity index (χ3n) is 2.71. The van der Waals surface area contributed by atoms with Gasteiger partial charge < -0.3 is 5.32 Å². The van der Waals surface area contributed by atoms with Crippen LogP contribution in [-0.2, 0) is 11.3 Å². The van der Waals surface area contributed by atoms with E-state index in [1.165, 1.54) is 24.3 Å². The molecule has 0 spiro atoms. The summed E-state index contributed by atoms with van der Waals surface area (Å²) < 4.78 is 26.0. The molecule has 2 aromatic rings. The first-order chi connectivity index (χ1) is 9.65. The maximum absolute atomic E-state index is 13.3. The van der Waals surface area contributed by atoms with Crippen LogP contribution in [0.2, 0.25) is 0 Å². The van der Waals surface area contributed by atoms with E-state index in [2.05, 4.69) is 5.32 Å². The minimum absolute atomic E-state index is 0.124. The third-order valence-corrected chi connectivity index (χ3v) is 2.71. The van der Waals surface area contributed by atoms with Gasteiger partial charge in [-0.2, -0.15) is 0 Å². The van der Waals surface area contributed by atoms with Gasteiger partial charge in [0.25, 0.3) is 0 Å². The molecule has 2 rings (SSSR count). The van der Waals surface area contributed by atoms with Gasteiger partial charge in [0, 0.05) is 18.2 Å². The first-order valence-electron chi connectivity index (χ1n) is 6.10. The van der Waals surface area contributed by atoms with Gasteiger partial charge >= 0.3 is 0 Å². The van der Waals surface area contributed by atoms with Crippen molar-refractivity contribution in [2.75, 3.05) is 0 Å². The molecule has 20 heavy (non-hydrogen) atoms. The fourth-order valence-corrected chi connectivity index (χ4v) is 1.63. The largest absolute Gasteiger partial charge is 0.348 e. The predicted octanol–water partition coefficient (Wildman–Crippen LogP) is 3.29. The lowest BCUT2D eigenvalue weighted by Gasteiger charge is -2.03. The van der Waals surface area contributed by atoms with E-state index in [-0.39, 0.29) is 24.1 Å². The van der Waals surface area contributed by atoms with Crippen molar-refractivity contribution in [1.82, 2.24) is 5.32 Å². The number of rotatable bonds is 4. The van der Waals surface area contributed by atoms with Crippen molar-refractivity contribution in [1.29, 1.82) is 0 Å². The number of carbonyl (C=O) groups is 1. The Balaban J connectivity index is 1.90. The van der Waals surface area contributed by atoms with E-state index < -0.39 is 0 Å². The van der Waals surface area contributed by atoms with Crippen molar-refractivity contribution in [2.24, 2.45) is 0 Å². The van der Waals surface area contributed by atoms with Crippen LogP contribution in [-0.4, -0.2) is 5.91 Å². The molecule has 0 fully saturated rings. The van der Waals surface area contributed by atoms with Crippen LogP contribution >= 0.6 is 0 Å². The SMILES string of the molecule is O=C(C=Cc1ccc(F)cc1)NCc1ccccc1F. The molecular formula is C16H13F2NO. The molecule has 0 aromatic heterocycles. The number of benzene rings is 2.